The topological polar surface area (TPSA) is 28.2 Å². The molecule has 0 spiro atoms. The summed E-state index contributed by atoms with van der Waals surface area (Å²) in [7, 11) is 0. The fourth-order valence-corrected chi connectivity index (χ4v) is 3.38. The average molecular weight is 253 g/mol. The number of hydrogen-bond acceptors (Lipinski definition) is 4. The normalized spacial score (nSPS) is 16.6. The summed E-state index contributed by atoms with van der Waals surface area (Å²) >= 11 is 1.83. The molecule has 2 rings (SSSR count). The second kappa shape index (κ2) is 6.36. The van der Waals surface area contributed by atoms with Gasteiger partial charge in [0.1, 0.15) is 0 Å². The third-order valence-electron chi connectivity index (χ3n) is 3.50. The van der Waals surface area contributed by atoms with Crippen LogP contribution in [-0.2, 0) is 6.54 Å². The van der Waals surface area contributed by atoms with Gasteiger partial charge in [0.25, 0.3) is 0 Å². The fourth-order valence-electron chi connectivity index (χ4n) is 2.39. The molecule has 1 aromatic heterocycles. The molecule has 0 amide bonds. The maximum Gasteiger partial charge on any atom is 0.185 e. The standard InChI is InChI=1S/C13H23N3S/c1-3-16(4-2)13-15-10-12(17-13)9-14-11-7-5-6-8-11/h10-11,14H,3-9H2,1-2H3. The third kappa shape index (κ3) is 3.42. The van der Waals surface area contributed by atoms with Crippen LogP contribution in [0.3, 0.4) is 0 Å². The Morgan fingerprint density at radius 3 is 2.71 bits per heavy atom. The number of thiazole rings is 1. The van der Waals surface area contributed by atoms with Crippen LogP contribution in [0.5, 0.6) is 0 Å². The first-order valence-electron chi connectivity index (χ1n) is 6.76. The highest BCUT2D eigenvalue weighted by molar-refractivity contribution is 7.15. The number of hydrogen-bond donors (Lipinski definition) is 1. The van der Waals surface area contributed by atoms with Crippen molar-refractivity contribution >= 4 is 16.5 Å². The number of nitrogens with zero attached hydrogens (tertiary/aromatic N) is 2. The lowest BCUT2D eigenvalue weighted by Gasteiger charge is -2.16. The van der Waals surface area contributed by atoms with Crippen LogP contribution in [0.4, 0.5) is 5.13 Å². The summed E-state index contributed by atoms with van der Waals surface area (Å²) < 4.78 is 0. The lowest BCUT2D eigenvalue weighted by molar-refractivity contribution is 0.527. The summed E-state index contributed by atoms with van der Waals surface area (Å²) in [6.45, 7) is 7.44. The molecule has 96 valence electrons. The van der Waals surface area contributed by atoms with Gasteiger partial charge in [-0.15, -0.1) is 11.3 Å². The Bertz CT molecular complexity index is 327. The minimum absolute atomic E-state index is 0.744. The van der Waals surface area contributed by atoms with Crippen molar-refractivity contribution in [3.63, 3.8) is 0 Å². The fraction of sp³-hybridized carbons (Fsp3) is 0.769. The Morgan fingerprint density at radius 1 is 1.35 bits per heavy atom. The molecular formula is C13H23N3S. The van der Waals surface area contributed by atoms with Gasteiger partial charge in [-0.2, -0.15) is 0 Å². The lowest BCUT2D eigenvalue weighted by atomic mass is 10.2. The first-order valence-corrected chi connectivity index (χ1v) is 7.58. The molecule has 1 N–H and O–H groups in total. The minimum atomic E-state index is 0.744. The van der Waals surface area contributed by atoms with Crippen LogP contribution >= 0.6 is 11.3 Å². The van der Waals surface area contributed by atoms with Crippen molar-refractivity contribution in [2.24, 2.45) is 0 Å². The molecule has 0 aromatic carbocycles. The van der Waals surface area contributed by atoms with Crippen molar-refractivity contribution in [1.29, 1.82) is 0 Å². The van der Waals surface area contributed by atoms with Crippen LogP contribution in [0.25, 0.3) is 0 Å². The Labute approximate surface area is 108 Å². The second-order valence-electron chi connectivity index (χ2n) is 4.64. The Hall–Kier alpha value is -0.610. The van der Waals surface area contributed by atoms with Crippen molar-refractivity contribution in [1.82, 2.24) is 10.3 Å². The van der Waals surface area contributed by atoms with Gasteiger partial charge in [-0.1, -0.05) is 12.8 Å². The molecule has 3 nitrogen and oxygen atoms in total. The quantitative estimate of drug-likeness (QED) is 0.844. The van der Waals surface area contributed by atoms with Gasteiger partial charge in [0, 0.05) is 36.8 Å². The maximum absolute atomic E-state index is 4.51. The molecule has 0 aliphatic heterocycles. The zero-order valence-corrected chi connectivity index (χ0v) is 11.7. The van der Waals surface area contributed by atoms with E-state index in [0.717, 1.165) is 25.7 Å². The molecule has 0 atom stereocenters. The largest absolute Gasteiger partial charge is 0.349 e. The molecule has 0 bridgehead atoms. The van der Waals surface area contributed by atoms with Crippen molar-refractivity contribution in [3.05, 3.63) is 11.1 Å². The SMILES string of the molecule is CCN(CC)c1ncc(CNC2CCCC2)s1. The molecule has 1 heterocycles. The van der Waals surface area contributed by atoms with Crippen molar-refractivity contribution in [2.45, 2.75) is 52.1 Å². The van der Waals surface area contributed by atoms with E-state index in [1.165, 1.54) is 35.7 Å². The number of anilines is 1. The summed E-state index contributed by atoms with van der Waals surface area (Å²) in [5, 5.41) is 4.80. The lowest BCUT2D eigenvalue weighted by Crippen LogP contribution is -2.24. The predicted octanol–water partition coefficient (Wildman–Crippen LogP) is 3.02. The van der Waals surface area contributed by atoms with Crippen molar-refractivity contribution in [2.75, 3.05) is 18.0 Å². The number of rotatable bonds is 6. The maximum atomic E-state index is 4.51. The summed E-state index contributed by atoms with van der Waals surface area (Å²) in [6, 6.07) is 0.744. The third-order valence-corrected chi connectivity index (χ3v) is 4.55. The first kappa shape index (κ1) is 12.8. The van der Waals surface area contributed by atoms with Crippen LogP contribution in [0.15, 0.2) is 6.20 Å². The zero-order chi connectivity index (χ0) is 12.1. The van der Waals surface area contributed by atoms with Crippen LogP contribution in [0.2, 0.25) is 0 Å². The molecule has 1 fully saturated rings. The Kier molecular flexibility index (Phi) is 4.80. The summed E-state index contributed by atoms with van der Waals surface area (Å²) in [6.07, 6.45) is 7.51. The van der Waals surface area contributed by atoms with E-state index in [0.29, 0.717) is 0 Å². The highest BCUT2D eigenvalue weighted by atomic mass is 32.1. The molecular weight excluding hydrogens is 230 g/mol. The summed E-state index contributed by atoms with van der Waals surface area (Å²) in [4.78, 5) is 8.18. The Balaban J connectivity index is 1.84. The molecule has 1 aliphatic carbocycles. The average Bonchev–Trinajstić information content (AvgIpc) is 2.99. The number of aromatic nitrogens is 1. The molecule has 1 aliphatic rings. The molecule has 4 heteroatoms. The van der Waals surface area contributed by atoms with E-state index < -0.39 is 0 Å². The van der Waals surface area contributed by atoms with Gasteiger partial charge >= 0.3 is 0 Å². The summed E-state index contributed by atoms with van der Waals surface area (Å²) in [5.74, 6) is 0. The van der Waals surface area contributed by atoms with Crippen LogP contribution in [-0.4, -0.2) is 24.1 Å². The van der Waals surface area contributed by atoms with Crippen LogP contribution in [0, 0.1) is 0 Å². The van der Waals surface area contributed by atoms with Crippen molar-refractivity contribution < 1.29 is 0 Å². The van der Waals surface area contributed by atoms with Crippen molar-refractivity contribution in [3.8, 4) is 0 Å². The first-order chi connectivity index (χ1) is 8.33. The van der Waals surface area contributed by atoms with Gasteiger partial charge < -0.3 is 10.2 Å². The molecule has 1 aromatic rings. The second-order valence-corrected chi connectivity index (χ2v) is 5.74. The highest BCUT2D eigenvalue weighted by Gasteiger charge is 2.14. The zero-order valence-electron chi connectivity index (χ0n) is 10.9. The van der Waals surface area contributed by atoms with E-state index in [1.54, 1.807) is 0 Å². The van der Waals surface area contributed by atoms with Gasteiger partial charge in [-0.25, -0.2) is 4.98 Å². The monoisotopic (exact) mass is 253 g/mol. The summed E-state index contributed by atoms with van der Waals surface area (Å²) in [5.41, 5.74) is 0. The van der Waals surface area contributed by atoms with Gasteiger partial charge in [0.05, 0.1) is 0 Å². The van der Waals surface area contributed by atoms with Gasteiger partial charge in [-0.05, 0) is 26.7 Å². The molecule has 0 unspecified atom stereocenters. The van der Waals surface area contributed by atoms with E-state index in [-0.39, 0.29) is 0 Å². The number of nitrogens with one attached hydrogen (secondary N) is 1. The van der Waals surface area contributed by atoms with E-state index in [2.05, 4.69) is 29.0 Å². The van der Waals surface area contributed by atoms with Gasteiger partial charge in [0.2, 0.25) is 0 Å². The Morgan fingerprint density at radius 2 is 2.06 bits per heavy atom. The van der Waals surface area contributed by atoms with E-state index in [9.17, 15) is 0 Å². The molecule has 0 saturated heterocycles. The van der Waals surface area contributed by atoms with E-state index in [1.807, 2.05) is 17.5 Å². The van der Waals surface area contributed by atoms with E-state index >= 15 is 0 Å². The van der Waals surface area contributed by atoms with Gasteiger partial charge in [-0.3, -0.25) is 0 Å². The minimum Gasteiger partial charge on any atom is -0.349 e. The molecule has 0 radical (unpaired) electrons. The van der Waals surface area contributed by atoms with Crippen LogP contribution in [0.1, 0.15) is 44.4 Å². The molecule has 17 heavy (non-hydrogen) atoms. The van der Waals surface area contributed by atoms with E-state index in [4.69, 9.17) is 0 Å². The van der Waals surface area contributed by atoms with Crippen LogP contribution < -0.4 is 10.2 Å². The van der Waals surface area contributed by atoms with Gasteiger partial charge in [0.15, 0.2) is 5.13 Å². The highest BCUT2D eigenvalue weighted by Crippen LogP contribution is 2.23. The smallest absolute Gasteiger partial charge is 0.185 e. The predicted molar refractivity (Wildman–Crippen MR) is 74.8 cm³/mol. The molecule has 1 saturated carbocycles.